The Kier molecular flexibility index (Phi) is 3.73. The number of fused-ring (bicyclic) bond motifs is 3. The van der Waals surface area contributed by atoms with Gasteiger partial charge in [0.05, 0.1) is 18.6 Å². The van der Waals surface area contributed by atoms with Crippen molar-refractivity contribution in [1.82, 2.24) is 20.2 Å². The maximum atomic E-state index is 13.1. The highest BCUT2D eigenvalue weighted by atomic mass is 16.2. The van der Waals surface area contributed by atoms with E-state index in [2.05, 4.69) is 25.3 Å². The van der Waals surface area contributed by atoms with Crippen molar-refractivity contribution in [2.75, 3.05) is 5.73 Å². The molecule has 2 aromatic carbocycles. The van der Waals surface area contributed by atoms with Gasteiger partial charge in [-0.1, -0.05) is 42.0 Å². The highest BCUT2D eigenvalue weighted by Crippen LogP contribution is 2.41. The standard InChI is InChI=1S/C21H19N7O/c1-13-2-6-15(7-3-13)21-17-18(24-11-23-17)25-12-26-19(21)28(20(29)27-21)10-14-4-8-16(22)9-5-14/h2-9,11-12H,10,22H2,1H3,(H,23,24)(H,27,29). The van der Waals surface area contributed by atoms with Crippen LogP contribution in [-0.2, 0) is 12.1 Å². The average molecular weight is 385 g/mol. The number of amidine groups is 1. The maximum absolute atomic E-state index is 13.1. The van der Waals surface area contributed by atoms with Crippen molar-refractivity contribution in [3.8, 4) is 0 Å². The third-order valence-corrected chi connectivity index (χ3v) is 5.29. The van der Waals surface area contributed by atoms with Gasteiger partial charge in [-0.2, -0.15) is 0 Å². The summed E-state index contributed by atoms with van der Waals surface area (Å²) in [5.41, 5.74) is 9.11. The molecule has 0 saturated carbocycles. The van der Waals surface area contributed by atoms with Gasteiger partial charge in [-0.05, 0) is 30.2 Å². The van der Waals surface area contributed by atoms with Crippen LogP contribution in [0.2, 0.25) is 0 Å². The molecule has 0 spiro atoms. The Morgan fingerprint density at radius 3 is 2.62 bits per heavy atom. The molecule has 2 amide bonds. The highest BCUT2D eigenvalue weighted by Gasteiger charge is 2.54. The summed E-state index contributed by atoms with van der Waals surface area (Å²) < 4.78 is 0. The zero-order valence-electron chi connectivity index (χ0n) is 15.8. The largest absolute Gasteiger partial charge is 0.399 e. The minimum Gasteiger partial charge on any atom is -0.399 e. The van der Waals surface area contributed by atoms with Crippen LogP contribution >= 0.6 is 0 Å². The number of H-pyrrole nitrogens is 1. The smallest absolute Gasteiger partial charge is 0.324 e. The molecule has 0 radical (unpaired) electrons. The van der Waals surface area contributed by atoms with Gasteiger partial charge in [0.2, 0.25) is 0 Å². The predicted molar refractivity (Wildman–Crippen MR) is 111 cm³/mol. The summed E-state index contributed by atoms with van der Waals surface area (Å²) in [6, 6.07) is 15.2. The van der Waals surface area contributed by atoms with Gasteiger partial charge < -0.3 is 16.0 Å². The normalized spacial score (nSPS) is 20.0. The van der Waals surface area contributed by atoms with E-state index in [9.17, 15) is 4.79 Å². The molecule has 1 fully saturated rings. The first kappa shape index (κ1) is 17.2. The molecule has 0 aliphatic carbocycles. The van der Waals surface area contributed by atoms with Gasteiger partial charge in [-0.3, -0.25) is 4.90 Å². The molecule has 144 valence electrons. The monoisotopic (exact) mass is 385 g/mol. The number of nitrogens with one attached hydrogen (secondary N) is 2. The first-order valence-electron chi connectivity index (χ1n) is 9.24. The zero-order valence-corrected chi connectivity index (χ0v) is 15.8. The molecule has 1 saturated heterocycles. The Morgan fingerprint density at radius 2 is 1.86 bits per heavy atom. The van der Waals surface area contributed by atoms with Crippen molar-refractivity contribution in [3.63, 3.8) is 0 Å². The van der Waals surface area contributed by atoms with Crippen LogP contribution in [0.25, 0.3) is 0 Å². The van der Waals surface area contributed by atoms with Crippen molar-refractivity contribution in [1.29, 1.82) is 0 Å². The van der Waals surface area contributed by atoms with Crippen molar-refractivity contribution in [2.24, 2.45) is 9.98 Å². The third-order valence-electron chi connectivity index (χ3n) is 5.29. The number of imidazole rings is 1. The number of aliphatic imine (C=N–C) groups is 2. The van der Waals surface area contributed by atoms with E-state index in [0.717, 1.165) is 16.7 Å². The predicted octanol–water partition coefficient (Wildman–Crippen LogP) is 2.84. The number of nitrogen functional groups attached to an aromatic ring is 1. The fourth-order valence-corrected chi connectivity index (χ4v) is 3.82. The van der Waals surface area contributed by atoms with Crippen LogP contribution in [0.3, 0.4) is 0 Å². The first-order valence-corrected chi connectivity index (χ1v) is 9.24. The second-order valence-corrected chi connectivity index (χ2v) is 7.17. The van der Waals surface area contributed by atoms with Gasteiger partial charge in [0.15, 0.2) is 17.2 Å². The summed E-state index contributed by atoms with van der Waals surface area (Å²) in [5, 5.41) is 3.15. The number of aromatic amines is 1. The lowest BCUT2D eigenvalue weighted by Crippen LogP contribution is -2.45. The fraction of sp³-hybridized carbons (Fsp3) is 0.143. The zero-order chi connectivity index (χ0) is 20.0. The Hall–Kier alpha value is -3.94. The molecule has 5 rings (SSSR count). The number of carbonyl (C=O) groups is 1. The molecule has 4 N–H and O–H groups in total. The van der Waals surface area contributed by atoms with Crippen LogP contribution in [-0.4, -0.2) is 33.1 Å². The molecule has 2 aliphatic rings. The molecule has 3 heterocycles. The average Bonchev–Trinajstić information content (AvgIpc) is 3.25. The van der Waals surface area contributed by atoms with Crippen LogP contribution in [0.4, 0.5) is 16.3 Å². The Balaban J connectivity index is 1.66. The summed E-state index contributed by atoms with van der Waals surface area (Å²) >= 11 is 0. The van der Waals surface area contributed by atoms with E-state index in [-0.39, 0.29) is 6.03 Å². The number of hydrogen-bond donors (Lipinski definition) is 3. The Bertz CT molecular complexity index is 1140. The molecule has 29 heavy (non-hydrogen) atoms. The summed E-state index contributed by atoms with van der Waals surface area (Å²) in [5.74, 6) is 1.05. The van der Waals surface area contributed by atoms with Gasteiger partial charge in [-0.25, -0.2) is 19.8 Å². The SMILES string of the molecule is Cc1ccc(C23NC(=O)N(Cc4ccc(N)cc4)C2=NC=Nc2nc[nH]c23)cc1. The second-order valence-electron chi connectivity index (χ2n) is 7.17. The minimum atomic E-state index is -0.999. The van der Waals surface area contributed by atoms with Crippen LogP contribution in [0.5, 0.6) is 0 Å². The van der Waals surface area contributed by atoms with Crippen LogP contribution in [0.1, 0.15) is 22.4 Å². The van der Waals surface area contributed by atoms with E-state index in [1.54, 1.807) is 11.2 Å². The van der Waals surface area contributed by atoms with Gasteiger partial charge in [0.25, 0.3) is 0 Å². The van der Waals surface area contributed by atoms with Crippen molar-refractivity contribution in [3.05, 3.63) is 77.2 Å². The number of aromatic nitrogens is 2. The highest BCUT2D eigenvalue weighted by molar-refractivity contribution is 6.15. The minimum absolute atomic E-state index is 0.239. The molecular formula is C21H19N7O. The fourth-order valence-electron chi connectivity index (χ4n) is 3.82. The molecular weight excluding hydrogens is 366 g/mol. The third kappa shape index (κ3) is 2.60. The summed E-state index contributed by atoms with van der Waals surface area (Å²) in [4.78, 5) is 31.2. The maximum Gasteiger partial charge on any atom is 0.324 e. The lowest BCUT2D eigenvalue weighted by molar-refractivity contribution is 0.225. The van der Waals surface area contributed by atoms with Gasteiger partial charge >= 0.3 is 6.03 Å². The number of aryl methyl sites for hydroxylation is 1. The van der Waals surface area contributed by atoms with E-state index in [1.165, 1.54) is 6.34 Å². The van der Waals surface area contributed by atoms with Crippen molar-refractivity contribution < 1.29 is 4.79 Å². The van der Waals surface area contributed by atoms with E-state index >= 15 is 0 Å². The topological polar surface area (TPSA) is 112 Å². The summed E-state index contributed by atoms with van der Waals surface area (Å²) in [7, 11) is 0. The van der Waals surface area contributed by atoms with E-state index in [1.807, 2.05) is 55.5 Å². The number of urea groups is 1. The first-order chi connectivity index (χ1) is 14.1. The second kappa shape index (κ2) is 6.30. The molecule has 1 atom stereocenters. The molecule has 8 nitrogen and oxygen atoms in total. The van der Waals surface area contributed by atoms with E-state index in [4.69, 9.17) is 5.73 Å². The Labute approximate surface area is 167 Å². The van der Waals surface area contributed by atoms with Crippen LogP contribution in [0.15, 0.2) is 64.8 Å². The van der Waals surface area contributed by atoms with Gasteiger partial charge in [-0.15, -0.1) is 0 Å². The van der Waals surface area contributed by atoms with E-state index < -0.39 is 5.54 Å². The van der Waals surface area contributed by atoms with Crippen molar-refractivity contribution >= 4 is 29.7 Å². The molecule has 2 aliphatic heterocycles. The lowest BCUT2D eigenvalue weighted by Gasteiger charge is -2.29. The van der Waals surface area contributed by atoms with E-state index in [0.29, 0.717) is 29.6 Å². The number of hydrogen-bond acceptors (Lipinski definition) is 5. The number of benzene rings is 2. The number of nitrogens with two attached hydrogens (primary N) is 1. The van der Waals surface area contributed by atoms with Crippen LogP contribution in [0, 0.1) is 6.92 Å². The van der Waals surface area contributed by atoms with Crippen LogP contribution < -0.4 is 11.1 Å². The van der Waals surface area contributed by atoms with Gasteiger partial charge in [0.1, 0.15) is 6.34 Å². The summed E-state index contributed by atoms with van der Waals surface area (Å²) in [6.07, 6.45) is 3.02. The van der Waals surface area contributed by atoms with Gasteiger partial charge in [0, 0.05) is 5.69 Å². The number of nitrogens with zero attached hydrogens (tertiary/aromatic N) is 4. The quantitative estimate of drug-likeness (QED) is 0.603. The lowest BCUT2D eigenvalue weighted by atomic mass is 9.85. The summed E-state index contributed by atoms with van der Waals surface area (Å²) in [6.45, 7) is 2.38. The molecule has 3 aromatic rings. The molecule has 0 bridgehead atoms. The molecule has 1 unspecified atom stereocenters. The number of carbonyl (C=O) groups excluding carboxylic acids is 1. The number of anilines is 1. The molecule has 1 aromatic heterocycles. The van der Waals surface area contributed by atoms with Crippen molar-refractivity contribution in [2.45, 2.75) is 19.0 Å². The number of rotatable bonds is 3. The Morgan fingerprint density at radius 1 is 1.10 bits per heavy atom. The number of amides is 2. The molecule has 8 heteroatoms.